The molecule has 0 bridgehead atoms. The van der Waals surface area contributed by atoms with Gasteiger partial charge >= 0.3 is 5.97 Å². The molecule has 0 amide bonds. The number of fused-ring (bicyclic) bond motifs is 1. The largest absolute Gasteiger partial charge is 0.489 e. The van der Waals surface area contributed by atoms with Gasteiger partial charge in [-0.2, -0.15) is 0 Å². The van der Waals surface area contributed by atoms with Crippen LogP contribution < -0.4 is 19.6 Å². The third kappa shape index (κ3) is 6.68. The highest BCUT2D eigenvalue weighted by molar-refractivity contribution is 14.1. The number of carbonyl (C=O) groups excluding carboxylic acids is 1. The second-order valence-corrected chi connectivity index (χ2v) is 14.1. The van der Waals surface area contributed by atoms with Gasteiger partial charge in [-0.3, -0.25) is 9.36 Å². The van der Waals surface area contributed by atoms with Gasteiger partial charge in [0.1, 0.15) is 5.75 Å². The van der Waals surface area contributed by atoms with Crippen LogP contribution in [0.15, 0.2) is 82.1 Å². The van der Waals surface area contributed by atoms with Crippen molar-refractivity contribution in [2.75, 3.05) is 6.61 Å². The molecule has 1 aliphatic rings. The van der Waals surface area contributed by atoms with E-state index in [9.17, 15) is 9.59 Å². The fourth-order valence-corrected chi connectivity index (χ4v) is 8.05. The summed E-state index contributed by atoms with van der Waals surface area (Å²) in [5.74, 6) is 0.701. The lowest BCUT2D eigenvalue weighted by atomic mass is 9.91. The van der Waals surface area contributed by atoms with E-state index in [1.54, 1.807) is 11.5 Å². The Labute approximate surface area is 282 Å². The van der Waals surface area contributed by atoms with Gasteiger partial charge in [0.15, 0.2) is 4.80 Å². The quantitative estimate of drug-likeness (QED) is 0.141. The number of carbonyl (C=O) groups is 1. The Morgan fingerprint density at radius 2 is 1.67 bits per heavy atom. The Balaban J connectivity index is 1.77. The van der Waals surface area contributed by atoms with E-state index in [1.807, 2.05) is 74.5 Å². The zero-order chi connectivity index (χ0) is 30.8. The number of nitrogens with zero attached hydrogens (tertiary/aromatic N) is 2. The number of thiazole rings is 1. The highest BCUT2D eigenvalue weighted by atomic mass is 127. The summed E-state index contributed by atoms with van der Waals surface area (Å²) in [4.78, 5) is 33.4. The second-order valence-electron chi connectivity index (χ2n) is 10.7. The third-order valence-corrected chi connectivity index (χ3v) is 9.55. The topological polar surface area (TPSA) is 69.9 Å². The molecule has 1 aliphatic heterocycles. The van der Waals surface area contributed by atoms with Crippen LogP contribution in [0.4, 0.5) is 0 Å². The number of benzene rings is 3. The Bertz CT molecular complexity index is 1850. The van der Waals surface area contributed by atoms with Crippen LogP contribution in [-0.2, 0) is 9.53 Å². The van der Waals surface area contributed by atoms with Crippen LogP contribution >= 0.6 is 56.5 Å². The van der Waals surface area contributed by atoms with Crippen molar-refractivity contribution in [2.24, 2.45) is 4.99 Å². The van der Waals surface area contributed by atoms with Crippen molar-refractivity contribution in [3.8, 4) is 5.75 Å². The number of hydrogen-bond donors (Lipinski definition) is 0. The zero-order valence-electron chi connectivity index (χ0n) is 24.6. The summed E-state index contributed by atoms with van der Waals surface area (Å²) in [6, 6.07) is 21.1. The molecule has 0 aliphatic carbocycles. The Kier molecular flexibility index (Phi) is 9.92. The van der Waals surface area contributed by atoms with E-state index in [4.69, 9.17) is 14.5 Å². The molecule has 0 fully saturated rings. The average molecular weight is 819 g/mol. The SMILES string of the molecule is CCOC(=O)C1=C(c2ccccc2)N=c2s/c(=C\c3cc(I)c(OC(C)C)c(I)c3)c(=O)n2[C@@H]1c1ccc(C(C)C)cc1. The van der Waals surface area contributed by atoms with Crippen LogP contribution in [0.1, 0.15) is 68.8 Å². The van der Waals surface area contributed by atoms with Gasteiger partial charge in [-0.25, -0.2) is 9.79 Å². The summed E-state index contributed by atoms with van der Waals surface area (Å²) in [6.45, 7) is 10.3. The van der Waals surface area contributed by atoms with E-state index < -0.39 is 12.0 Å². The lowest BCUT2D eigenvalue weighted by molar-refractivity contribution is -0.138. The zero-order valence-corrected chi connectivity index (χ0v) is 29.7. The summed E-state index contributed by atoms with van der Waals surface area (Å²) >= 11 is 5.86. The van der Waals surface area contributed by atoms with Gasteiger partial charge in [-0.1, -0.05) is 79.8 Å². The molecule has 9 heteroatoms. The monoisotopic (exact) mass is 818 g/mol. The van der Waals surface area contributed by atoms with E-state index in [0.717, 1.165) is 29.6 Å². The first-order valence-corrected chi connectivity index (χ1v) is 17.1. The first-order chi connectivity index (χ1) is 20.6. The fourth-order valence-electron chi connectivity index (χ4n) is 4.98. The van der Waals surface area contributed by atoms with E-state index in [-0.39, 0.29) is 18.3 Å². The standard InChI is InChI=1S/C34H32I2N2O4S/c1-6-41-33(40)28-29(23-10-8-7-9-11-23)37-34-38(30(28)24-14-12-22(13-15-24)19(2)3)32(39)27(43-34)18-21-16-25(35)31(26(36)17-21)42-20(4)5/h7-20,30H,6H2,1-5H3/b27-18-/t30-/m1/s1. The smallest absolute Gasteiger partial charge is 0.338 e. The summed E-state index contributed by atoms with van der Waals surface area (Å²) < 4.78 is 15.7. The minimum Gasteiger partial charge on any atom is -0.489 e. The van der Waals surface area contributed by atoms with E-state index in [1.165, 1.54) is 16.9 Å². The molecule has 4 aromatic rings. The van der Waals surface area contributed by atoms with Crippen molar-refractivity contribution in [1.82, 2.24) is 4.57 Å². The first-order valence-electron chi connectivity index (χ1n) is 14.1. The van der Waals surface area contributed by atoms with Gasteiger partial charge in [-0.15, -0.1) is 0 Å². The second kappa shape index (κ2) is 13.5. The van der Waals surface area contributed by atoms with Crippen LogP contribution in [0, 0.1) is 7.14 Å². The minimum absolute atomic E-state index is 0.0542. The molecule has 3 aromatic carbocycles. The molecule has 0 N–H and O–H groups in total. The van der Waals surface area contributed by atoms with Gasteiger partial charge < -0.3 is 9.47 Å². The van der Waals surface area contributed by atoms with Crippen molar-refractivity contribution in [1.29, 1.82) is 0 Å². The maximum atomic E-state index is 14.2. The van der Waals surface area contributed by atoms with Crippen molar-refractivity contribution < 1.29 is 14.3 Å². The van der Waals surface area contributed by atoms with Crippen LogP contribution in [0.5, 0.6) is 5.75 Å². The molecule has 0 saturated carbocycles. The van der Waals surface area contributed by atoms with Crippen molar-refractivity contribution >= 4 is 74.3 Å². The molecular formula is C34H32I2N2O4S. The molecule has 1 atom stereocenters. The summed E-state index contributed by atoms with van der Waals surface area (Å²) in [7, 11) is 0. The Morgan fingerprint density at radius 3 is 2.26 bits per heavy atom. The Hall–Kier alpha value is -2.77. The summed E-state index contributed by atoms with van der Waals surface area (Å²) in [5, 5.41) is 0. The molecule has 222 valence electrons. The van der Waals surface area contributed by atoms with E-state index in [0.29, 0.717) is 26.5 Å². The van der Waals surface area contributed by atoms with Crippen molar-refractivity contribution in [3.05, 3.63) is 121 Å². The normalized spacial score (nSPS) is 15.1. The van der Waals surface area contributed by atoms with Gasteiger partial charge in [-0.05, 0) is 107 Å². The maximum Gasteiger partial charge on any atom is 0.338 e. The maximum absolute atomic E-state index is 14.2. The average Bonchev–Trinajstić information content (AvgIpc) is 3.28. The predicted octanol–water partition coefficient (Wildman–Crippen LogP) is 7.06. The molecule has 1 aromatic heterocycles. The van der Waals surface area contributed by atoms with Crippen molar-refractivity contribution in [3.63, 3.8) is 0 Å². The lowest BCUT2D eigenvalue weighted by Gasteiger charge is -2.26. The van der Waals surface area contributed by atoms with Crippen molar-refractivity contribution in [2.45, 2.75) is 52.7 Å². The van der Waals surface area contributed by atoms with Gasteiger partial charge in [0.05, 0.1) is 41.7 Å². The highest BCUT2D eigenvalue weighted by Gasteiger charge is 2.35. The van der Waals surface area contributed by atoms with Crippen LogP contribution in [0.25, 0.3) is 11.8 Å². The van der Waals surface area contributed by atoms with Gasteiger partial charge in [0.2, 0.25) is 0 Å². The molecule has 5 rings (SSSR count). The number of aromatic nitrogens is 1. The summed E-state index contributed by atoms with van der Waals surface area (Å²) in [5.41, 5.74) is 4.34. The molecule has 43 heavy (non-hydrogen) atoms. The molecule has 0 radical (unpaired) electrons. The first kappa shape index (κ1) is 31.6. The van der Waals surface area contributed by atoms with Crippen LogP contribution in [0.3, 0.4) is 0 Å². The van der Waals surface area contributed by atoms with E-state index >= 15 is 0 Å². The minimum atomic E-state index is -0.698. The van der Waals surface area contributed by atoms with Gasteiger partial charge in [0.25, 0.3) is 5.56 Å². The Morgan fingerprint density at radius 1 is 1.02 bits per heavy atom. The summed E-state index contributed by atoms with van der Waals surface area (Å²) in [6.07, 6.45) is 1.95. The van der Waals surface area contributed by atoms with Gasteiger partial charge in [0, 0.05) is 5.56 Å². The lowest BCUT2D eigenvalue weighted by Crippen LogP contribution is -2.40. The molecule has 0 saturated heterocycles. The van der Waals surface area contributed by atoms with Crippen LogP contribution in [0.2, 0.25) is 0 Å². The molecule has 0 unspecified atom stereocenters. The predicted molar refractivity (Wildman–Crippen MR) is 189 cm³/mol. The number of hydrogen-bond acceptors (Lipinski definition) is 6. The molecule has 2 heterocycles. The highest BCUT2D eigenvalue weighted by Crippen LogP contribution is 2.36. The molecular weight excluding hydrogens is 786 g/mol. The van der Waals surface area contributed by atoms with E-state index in [2.05, 4.69) is 71.2 Å². The fraction of sp³-hybridized carbons (Fsp3) is 0.265. The number of ether oxygens (including phenoxy) is 2. The number of halogens is 2. The number of rotatable bonds is 8. The van der Waals surface area contributed by atoms with Crippen LogP contribution in [-0.4, -0.2) is 23.2 Å². The molecule has 6 nitrogen and oxygen atoms in total. The molecule has 0 spiro atoms. The third-order valence-electron chi connectivity index (χ3n) is 6.96. The number of esters is 1.